The molecule has 0 aliphatic carbocycles. The smallest absolute Gasteiger partial charge is 0.221 e. The van der Waals surface area contributed by atoms with Gasteiger partial charge in [0.05, 0.1) is 26.5 Å². The van der Waals surface area contributed by atoms with Crippen molar-refractivity contribution in [3.63, 3.8) is 0 Å². The zero-order valence-electron chi connectivity index (χ0n) is 20.2. The van der Waals surface area contributed by atoms with Gasteiger partial charge in [-0.2, -0.15) is 0 Å². The summed E-state index contributed by atoms with van der Waals surface area (Å²) in [4.78, 5) is 14.9. The van der Waals surface area contributed by atoms with E-state index in [2.05, 4.69) is 39.9 Å². The Morgan fingerprint density at radius 2 is 1.83 bits per heavy atom. The third kappa shape index (κ3) is 4.68. The van der Waals surface area contributed by atoms with Crippen LogP contribution in [0.5, 0.6) is 17.2 Å². The lowest BCUT2D eigenvalue weighted by atomic mass is 9.93. The minimum Gasteiger partial charge on any atom is -0.497 e. The Bertz CT molecular complexity index is 1360. The van der Waals surface area contributed by atoms with Gasteiger partial charge in [0.15, 0.2) is 6.04 Å². The van der Waals surface area contributed by atoms with E-state index in [0.29, 0.717) is 6.61 Å². The summed E-state index contributed by atoms with van der Waals surface area (Å²) in [5.74, 6) is 2.29. The molecule has 1 aromatic heterocycles. The van der Waals surface area contributed by atoms with Crippen LogP contribution in [-0.4, -0.2) is 31.7 Å². The van der Waals surface area contributed by atoms with Crippen LogP contribution in [0.4, 0.5) is 5.69 Å². The lowest BCUT2D eigenvalue weighted by molar-refractivity contribution is -0.690. The van der Waals surface area contributed by atoms with Crippen LogP contribution < -0.4 is 24.8 Å². The Morgan fingerprint density at radius 3 is 2.57 bits per heavy atom. The highest BCUT2D eigenvalue weighted by Crippen LogP contribution is 2.34. The Kier molecular flexibility index (Phi) is 6.33. The van der Waals surface area contributed by atoms with Gasteiger partial charge in [-0.25, -0.2) is 0 Å². The predicted molar refractivity (Wildman–Crippen MR) is 135 cm³/mol. The summed E-state index contributed by atoms with van der Waals surface area (Å²) in [6.45, 7) is 2.88. The summed E-state index contributed by atoms with van der Waals surface area (Å²) >= 11 is 0. The van der Waals surface area contributed by atoms with E-state index in [0.717, 1.165) is 47.0 Å². The monoisotopic (exact) mass is 472 g/mol. The van der Waals surface area contributed by atoms with E-state index in [1.807, 2.05) is 36.4 Å². The van der Waals surface area contributed by atoms with Crippen molar-refractivity contribution in [3.8, 4) is 17.2 Å². The molecule has 0 saturated heterocycles. The van der Waals surface area contributed by atoms with Gasteiger partial charge in [-0.3, -0.25) is 4.79 Å². The number of quaternary nitrogens is 1. The third-order valence-corrected chi connectivity index (χ3v) is 6.49. The minimum atomic E-state index is -0.100. The largest absolute Gasteiger partial charge is 0.497 e. The van der Waals surface area contributed by atoms with E-state index in [1.54, 1.807) is 14.2 Å². The van der Waals surface area contributed by atoms with E-state index >= 15 is 0 Å². The average Bonchev–Trinajstić information content (AvgIpc) is 3.25. The fourth-order valence-electron chi connectivity index (χ4n) is 4.83. The van der Waals surface area contributed by atoms with Crippen molar-refractivity contribution in [1.29, 1.82) is 0 Å². The molecule has 0 fully saturated rings. The van der Waals surface area contributed by atoms with Gasteiger partial charge in [0, 0.05) is 41.1 Å². The maximum absolute atomic E-state index is 11.2. The molecule has 180 valence electrons. The maximum atomic E-state index is 11.2. The quantitative estimate of drug-likeness (QED) is 0.380. The Morgan fingerprint density at radius 1 is 1.03 bits per heavy atom. The molecule has 2 heterocycles. The number of carbonyl (C=O) groups is 1. The summed E-state index contributed by atoms with van der Waals surface area (Å²) in [6, 6.07) is 20.0. The fraction of sp³-hybridized carbons (Fsp3) is 0.250. The van der Waals surface area contributed by atoms with Crippen LogP contribution in [0.25, 0.3) is 10.9 Å². The number of hydrogen-bond donors (Lipinski definition) is 3. The molecule has 35 heavy (non-hydrogen) atoms. The molecule has 0 unspecified atom stereocenters. The molecule has 1 atom stereocenters. The summed E-state index contributed by atoms with van der Waals surface area (Å²) in [6.07, 6.45) is 1.01. The zero-order valence-corrected chi connectivity index (χ0v) is 20.2. The zero-order chi connectivity index (χ0) is 24.4. The number of nitrogens with one attached hydrogen (secondary N) is 2. The molecule has 5 rings (SSSR count). The molecule has 3 aromatic carbocycles. The number of hydrogen-bond acceptors (Lipinski definition) is 4. The molecule has 7 heteroatoms. The molecule has 1 amide bonds. The van der Waals surface area contributed by atoms with Gasteiger partial charge in [0.2, 0.25) is 5.91 Å². The number of carbonyl (C=O) groups excluding carboxylic acids is 1. The normalized spacial score (nSPS) is 14.9. The van der Waals surface area contributed by atoms with Crippen LogP contribution in [0.15, 0.2) is 60.7 Å². The number of anilines is 1. The Labute approximate surface area is 204 Å². The van der Waals surface area contributed by atoms with Gasteiger partial charge in [0.25, 0.3) is 0 Å². The summed E-state index contributed by atoms with van der Waals surface area (Å²) in [5.41, 5.74) is 6.66. The molecule has 1 aliphatic rings. The average molecular weight is 473 g/mol. The second-order valence-corrected chi connectivity index (χ2v) is 8.75. The number of rotatable bonds is 7. The standard InChI is InChI=1S/C28H29N3O4/c1-17(32)30-20-5-7-21(8-6-20)35-16-19-14-18(4-11-26(19)34-3)27-28-23(12-13-29-27)24-15-22(33-2)9-10-25(24)31-28/h4-11,14-15,27,29,31H,12-13,16H2,1-3H3,(H,30,32)/p+1/t27-/m1/s1. The number of ether oxygens (including phenoxy) is 3. The SMILES string of the molecule is COc1ccc2[nH]c3c(c2c1)CC[NH2+][C@@H]3c1ccc(OC)c(COc2ccc(NC(C)=O)cc2)c1. The molecule has 7 nitrogen and oxygen atoms in total. The Hall–Kier alpha value is -3.97. The lowest BCUT2D eigenvalue weighted by Gasteiger charge is -2.22. The van der Waals surface area contributed by atoms with Crippen LogP contribution in [0.2, 0.25) is 0 Å². The Balaban J connectivity index is 1.41. The molecule has 0 bridgehead atoms. The highest BCUT2D eigenvalue weighted by Gasteiger charge is 2.29. The number of methoxy groups -OCH3 is 2. The van der Waals surface area contributed by atoms with Crippen LogP contribution in [0.3, 0.4) is 0 Å². The van der Waals surface area contributed by atoms with Crippen LogP contribution >= 0.6 is 0 Å². The number of benzene rings is 3. The number of aromatic nitrogens is 1. The number of fused-ring (bicyclic) bond motifs is 3. The van der Waals surface area contributed by atoms with Gasteiger partial charge in [-0.1, -0.05) is 0 Å². The van der Waals surface area contributed by atoms with E-state index in [-0.39, 0.29) is 11.9 Å². The van der Waals surface area contributed by atoms with Crippen molar-refractivity contribution < 1.29 is 24.3 Å². The minimum absolute atomic E-state index is 0.100. The number of amides is 1. The van der Waals surface area contributed by atoms with Crippen molar-refractivity contribution in [3.05, 3.63) is 83.0 Å². The highest BCUT2D eigenvalue weighted by atomic mass is 16.5. The molecule has 4 aromatic rings. The van der Waals surface area contributed by atoms with Crippen molar-refractivity contribution in [2.24, 2.45) is 0 Å². The molecule has 0 spiro atoms. The van der Waals surface area contributed by atoms with Crippen molar-refractivity contribution in [2.45, 2.75) is 26.0 Å². The first-order chi connectivity index (χ1) is 17.1. The maximum Gasteiger partial charge on any atom is 0.221 e. The van der Waals surface area contributed by atoms with Crippen molar-refractivity contribution >= 4 is 22.5 Å². The molecular weight excluding hydrogens is 442 g/mol. The first-order valence-corrected chi connectivity index (χ1v) is 11.7. The van der Waals surface area contributed by atoms with Gasteiger partial charge < -0.3 is 29.8 Å². The van der Waals surface area contributed by atoms with E-state index in [9.17, 15) is 4.79 Å². The van der Waals surface area contributed by atoms with Crippen LogP contribution in [-0.2, 0) is 17.8 Å². The summed E-state index contributed by atoms with van der Waals surface area (Å²) in [5, 5.41) is 6.37. The summed E-state index contributed by atoms with van der Waals surface area (Å²) < 4.78 is 17.1. The molecule has 0 radical (unpaired) electrons. The first kappa shape index (κ1) is 22.8. The third-order valence-electron chi connectivity index (χ3n) is 6.49. The first-order valence-electron chi connectivity index (χ1n) is 11.7. The van der Waals surface area contributed by atoms with Gasteiger partial charge in [-0.15, -0.1) is 0 Å². The van der Waals surface area contributed by atoms with Gasteiger partial charge >= 0.3 is 0 Å². The summed E-state index contributed by atoms with van der Waals surface area (Å²) in [7, 11) is 3.38. The second-order valence-electron chi connectivity index (χ2n) is 8.75. The van der Waals surface area contributed by atoms with E-state index in [4.69, 9.17) is 14.2 Å². The molecule has 4 N–H and O–H groups in total. The molecular formula is C28H30N3O4+. The lowest BCUT2D eigenvalue weighted by Crippen LogP contribution is -2.87. The van der Waals surface area contributed by atoms with Crippen molar-refractivity contribution in [1.82, 2.24) is 4.98 Å². The van der Waals surface area contributed by atoms with Crippen LogP contribution in [0.1, 0.15) is 35.3 Å². The van der Waals surface area contributed by atoms with Crippen molar-refractivity contribution in [2.75, 3.05) is 26.1 Å². The van der Waals surface area contributed by atoms with E-state index in [1.165, 1.54) is 29.1 Å². The number of H-pyrrole nitrogens is 1. The van der Waals surface area contributed by atoms with Gasteiger partial charge in [-0.05, 0) is 66.2 Å². The second kappa shape index (κ2) is 9.72. The van der Waals surface area contributed by atoms with Crippen LogP contribution in [0, 0.1) is 0 Å². The fourth-order valence-corrected chi connectivity index (χ4v) is 4.83. The predicted octanol–water partition coefficient (Wildman–Crippen LogP) is 3.93. The highest BCUT2D eigenvalue weighted by molar-refractivity contribution is 5.88. The topological polar surface area (TPSA) is 89.2 Å². The number of nitrogens with two attached hydrogens (primary N) is 1. The molecule has 1 aliphatic heterocycles. The van der Waals surface area contributed by atoms with Gasteiger partial charge in [0.1, 0.15) is 23.9 Å². The molecule has 0 saturated carbocycles. The van der Waals surface area contributed by atoms with E-state index < -0.39 is 0 Å². The number of aromatic amines is 1.